The van der Waals surface area contributed by atoms with Crippen molar-refractivity contribution in [1.29, 1.82) is 0 Å². The van der Waals surface area contributed by atoms with E-state index in [4.69, 9.17) is 4.98 Å². The van der Waals surface area contributed by atoms with Gasteiger partial charge in [0.2, 0.25) is 0 Å². The molecule has 4 aromatic heterocycles. The van der Waals surface area contributed by atoms with Gasteiger partial charge in [-0.3, -0.25) is 4.57 Å². The number of pyridine rings is 2. The van der Waals surface area contributed by atoms with E-state index in [1.165, 1.54) is 94.3 Å². The first-order valence-corrected chi connectivity index (χ1v) is 40.4. The lowest BCUT2D eigenvalue weighted by molar-refractivity contribution is 1.05. The van der Waals surface area contributed by atoms with Crippen molar-refractivity contribution in [3.63, 3.8) is 0 Å². The number of anilines is 6. The molecule has 1 N–H and O–H groups in total. The van der Waals surface area contributed by atoms with E-state index >= 15 is 0 Å². The molecule has 0 bridgehead atoms. The second kappa shape index (κ2) is 32.5. The number of para-hydroxylation sites is 6. The molecule has 7 heteroatoms. The Labute approximate surface area is 697 Å². The Bertz CT molecular complexity index is 6760. The molecule has 2 aliphatic heterocycles. The molecular weight excluding hydrogens is 1500 g/mol. The van der Waals surface area contributed by atoms with Gasteiger partial charge in [0.25, 0.3) is 0 Å². The molecule has 0 atom stereocenters. The SMILES string of the molecule is Brc1cc(-c2ccccc2)cc(-c2ccccc2)n1.[CH3-].c1ccc(-c2cc(-c3ccccc3)cc(N3c4ccccc4-c4[nH]c5ccccc5c4-c4ccccc43)c2)cc1.c1ccc(-c2cc(-c3ccccc3)cc(N3c4ccccc4-c4c(n(-c5cc(-c6ccccc6)cc(-c6ccccc6)n5)c5ccccc45)-c4ccccc43)c2)cc1. The number of halogens is 1. The Balaban J connectivity index is 0.000000132. The maximum Gasteiger partial charge on any atom is 0.138 e. The highest BCUT2D eigenvalue weighted by Crippen LogP contribution is 2.57. The second-order valence-corrected chi connectivity index (χ2v) is 30.2. The Kier molecular flexibility index (Phi) is 20.1. The van der Waals surface area contributed by atoms with E-state index in [1.807, 2.05) is 42.5 Å². The first-order valence-electron chi connectivity index (χ1n) is 39.6. The Morgan fingerprint density at radius 2 is 0.551 bits per heavy atom. The molecule has 22 rings (SSSR count). The Morgan fingerprint density at radius 3 is 0.992 bits per heavy atom. The van der Waals surface area contributed by atoms with Gasteiger partial charge in [-0.25, -0.2) is 9.97 Å². The van der Waals surface area contributed by atoms with Crippen LogP contribution in [0, 0.1) is 7.43 Å². The highest BCUT2D eigenvalue weighted by molar-refractivity contribution is 9.10. The van der Waals surface area contributed by atoms with Gasteiger partial charge in [-0.2, -0.15) is 0 Å². The highest BCUT2D eigenvalue weighted by Gasteiger charge is 2.34. The second-order valence-electron chi connectivity index (χ2n) is 29.4. The number of H-pyrrole nitrogens is 1. The number of hydrogen-bond donors (Lipinski definition) is 1. The largest absolute Gasteiger partial charge is 0.358 e. The summed E-state index contributed by atoms with van der Waals surface area (Å²) in [5.74, 6) is 0.871. The normalized spacial score (nSPS) is 11.5. The highest BCUT2D eigenvalue weighted by atomic mass is 79.9. The zero-order chi connectivity index (χ0) is 78.0. The summed E-state index contributed by atoms with van der Waals surface area (Å²) < 4.78 is 3.26. The van der Waals surface area contributed by atoms with Crippen LogP contribution in [-0.2, 0) is 0 Å². The minimum Gasteiger partial charge on any atom is -0.358 e. The lowest BCUT2D eigenvalue weighted by atomic mass is 9.97. The fraction of sp³-hybridized carbons (Fsp3) is 0. The number of aromatic nitrogens is 4. The van der Waals surface area contributed by atoms with E-state index in [0.29, 0.717) is 0 Å². The van der Waals surface area contributed by atoms with E-state index < -0.39 is 0 Å². The van der Waals surface area contributed by atoms with Crippen LogP contribution in [0.5, 0.6) is 0 Å². The lowest BCUT2D eigenvalue weighted by Crippen LogP contribution is -2.11. The van der Waals surface area contributed by atoms with E-state index in [0.717, 1.165) is 106 Å². The molecule has 0 saturated carbocycles. The molecule has 2 aliphatic rings. The number of aromatic amines is 1. The van der Waals surface area contributed by atoms with Crippen molar-refractivity contribution >= 4 is 71.9 Å². The predicted molar refractivity (Wildman–Crippen MR) is 499 cm³/mol. The molecule has 0 aliphatic carbocycles. The number of nitrogens with one attached hydrogen (secondary N) is 1. The van der Waals surface area contributed by atoms with Gasteiger partial charge in [0, 0.05) is 72.2 Å². The number of nitrogens with zero attached hydrogens (tertiary/aromatic N) is 5. The third-order valence-corrected chi connectivity index (χ3v) is 22.6. The van der Waals surface area contributed by atoms with E-state index in [9.17, 15) is 0 Å². The number of hydrogen-bond acceptors (Lipinski definition) is 4. The van der Waals surface area contributed by atoms with Crippen LogP contribution in [0.3, 0.4) is 0 Å². The summed E-state index contributed by atoms with van der Waals surface area (Å²) in [5, 5.41) is 2.42. The minimum atomic E-state index is 0. The molecule has 118 heavy (non-hydrogen) atoms. The fourth-order valence-electron chi connectivity index (χ4n) is 16.9. The van der Waals surface area contributed by atoms with Gasteiger partial charge in [-0.1, -0.05) is 352 Å². The lowest BCUT2D eigenvalue weighted by Gasteiger charge is -2.28. The summed E-state index contributed by atoms with van der Waals surface area (Å²) in [6, 6.07) is 160. The third-order valence-electron chi connectivity index (χ3n) is 22.2. The zero-order valence-electron chi connectivity index (χ0n) is 64.8. The maximum atomic E-state index is 5.51. The van der Waals surface area contributed by atoms with Gasteiger partial charge in [-0.05, 0) is 180 Å². The fourth-order valence-corrected chi connectivity index (χ4v) is 17.3. The molecule has 0 saturated heterocycles. The van der Waals surface area contributed by atoms with Crippen molar-refractivity contribution in [2.75, 3.05) is 9.80 Å². The summed E-state index contributed by atoms with van der Waals surface area (Å²) in [4.78, 5) is 18.7. The van der Waals surface area contributed by atoms with Crippen LogP contribution in [0.15, 0.2) is 454 Å². The Morgan fingerprint density at radius 1 is 0.237 bits per heavy atom. The summed E-state index contributed by atoms with van der Waals surface area (Å²) in [6.07, 6.45) is 0. The van der Waals surface area contributed by atoms with Gasteiger partial charge >= 0.3 is 0 Å². The van der Waals surface area contributed by atoms with Crippen LogP contribution < -0.4 is 9.80 Å². The van der Waals surface area contributed by atoms with Crippen molar-refractivity contribution in [1.82, 2.24) is 19.5 Å². The molecule has 0 radical (unpaired) electrons. The van der Waals surface area contributed by atoms with Gasteiger partial charge in [0.05, 0.1) is 51.0 Å². The summed E-state index contributed by atoms with van der Waals surface area (Å²) in [7, 11) is 0. The molecular formula is C111H78BrN6-. The maximum absolute atomic E-state index is 5.51. The molecule has 16 aromatic carbocycles. The van der Waals surface area contributed by atoms with Crippen LogP contribution in [0.2, 0.25) is 0 Å². The van der Waals surface area contributed by atoms with Gasteiger partial charge in [0.15, 0.2) is 0 Å². The van der Waals surface area contributed by atoms with Crippen LogP contribution in [0.25, 0.3) is 162 Å². The molecule has 6 nitrogen and oxygen atoms in total. The molecule has 0 amide bonds. The van der Waals surface area contributed by atoms with Crippen molar-refractivity contribution in [3.05, 3.63) is 461 Å². The average molecular weight is 1580 g/mol. The van der Waals surface area contributed by atoms with E-state index in [1.54, 1.807) is 0 Å². The van der Waals surface area contributed by atoms with E-state index in [-0.39, 0.29) is 7.43 Å². The monoisotopic (exact) mass is 1570 g/mol. The van der Waals surface area contributed by atoms with Gasteiger partial charge in [0.1, 0.15) is 10.4 Å². The summed E-state index contributed by atoms with van der Waals surface area (Å²) in [6.45, 7) is 0. The molecule has 0 unspecified atom stereocenters. The van der Waals surface area contributed by atoms with Crippen molar-refractivity contribution in [3.8, 4) is 140 Å². The standard InChI is InChI=1S/C55H37N3.C38H26N2.C17H12BrN.CH3/c1-5-19-38(20-6-1)42-33-43(39-21-7-2-8-22-39)35-45(34-42)57-50-30-16-13-27-46(50)54-47-28-14-17-31-51(47)58(55(54)48-29-15-18-32-52(48)57)53-37-44(40-23-9-3-10-24-40)36-49(56-53)41-25-11-4-12-26-41;1-3-13-26(14-4-1)28-23-29(27-15-5-2-6-16-27)25-30(24-28)40-35-21-11-8-18-32(35)37-31-17-7-10-20-34(31)39-38(37)33-19-9-12-22-36(33)40;18-17-12-15(13-7-3-1-4-8-13)11-16(19-17)14-9-5-2-6-10-14;/h1-37H;1-25,39H;1-12H;1H3/q;;;-1. The van der Waals surface area contributed by atoms with Crippen molar-refractivity contribution in [2.45, 2.75) is 0 Å². The number of benzene rings is 16. The van der Waals surface area contributed by atoms with Crippen LogP contribution >= 0.6 is 15.9 Å². The number of fused-ring (bicyclic) bond motifs is 14. The first kappa shape index (κ1) is 73.2. The minimum absolute atomic E-state index is 0. The molecule has 6 heterocycles. The quantitative estimate of drug-likeness (QED) is 0.104. The van der Waals surface area contributed by atoms with Crippen molar-refractivity contribution < 1.29 is 0 Å². The third kappa shape index (κ3) is 14.2. The van der Waals surface area contributed by atoms with Gasteiger partial charge < -0.3 is 22.2 Å². The summed E-state index contributed by atoms with van der Waals surface area (Å²) >= 11 is 3.50. The van der Waals surface area contributed by atoms with E-state index in [2.05, 4.69) is 447 Å². The van der Waals surface area contributed by atoms with Gasteiger partial charge in [-0.15, -0.1) is 0 Å². The number of rotatable bonds is 11. The molecule has 0 spiro atoms. The van der Waals surface area contributed by atoms with Crippen molar-refractivity contribution in [2.24, 2.45) is 0 Å². The molecule has 560 valence electrons. The predicted octanol–water partition coefficient (Wildman–Crippen LogP) is 31.1. The zero-order valence-corrected chi connectivity index (χ0v) is 66.4. The summed E-state index contributed by atoms with van der Waals surface area (Å²) in [5.41, 5.74) is 36.7. The molecule has 0 fully saturated rings. The van der Waals surface area contributed by atoms with Crippen LogP contribution in [0.4, 0.5) is 34.1 Å². The topological polar surface area (TPSA) is 53.0 Å². The average Bonchev–Trinajstić information content (AvgIpc) is 1.56. The van der Waals surface area contributed by atoms with Crippen LogP contribution in [0.1, 0.15) is 0 Å². The first-order chi connectivity index (χ1) is 58.0. The Hall–Kier alpha value is -15.0. The molecule has 20 aromatic rings. The van der Waals surface area contributed by atoms with Crippen LogP contribution in [-0.4, -0.2) is 19.5 Å². The smallest absolute Gasteiger partial charge is 0.138 e.